The lowest BCUT2D eigenvalue weighted by Gasteiger charge is -2.30. The highest BCUT2D eigenvalue weighted by Gasteiger charge is 2.32. The summed E-state index contributed by atoms with van der Waals surface area (Å²) in [4.78, 5) is 12.7. The van der Waals surface area contributed by atoms with Crippen molar-refractivity contribution in [2.75, 3.05) is 25.0 Å². The standard InChI is InChI=1S/C21H24Cl2N2O4S/c1-3-29-20-7-6-17(13-19(20)23)30(27,28)25-10-8-15(9-11-25)21(26)24-16-5-4-14(2)18(22)12-16/h4-7,12-13,15H,3,8-11H2,1-2H3,(H,24,26). The number of carbonyl (C=O) groups is 1. The Balaban J connectivity index is 1.63. The molecule has 0 saturated carbocycles. The number of benzene rings is 2. The van der Waals surface area contributed by atoms with Gasteiger partial charge >= 0.3 is 0 Å². The van der Waals surface area contributed by atoms with E-state index in [-0.39, 0.29) is 34.8 Å². The minimum absolute atomic E-state index is 0.119. The van der Waals surface area contributed by atoms with Crippen LogP contribution in [0.15, 0.2) is 41.3 Å². The first kappa shape index (κ1) is 22.9. The van der Waals surface area contributed by atoms with Gasteiger partial charge in [-0.1, -0.05) is 29.3 Å². The number of nitrogens with one attached hydrogen (secondary N) is 1. The SMILES string of the molecule is CCOc1ccc(S(=O)(=O)N2CCC(C(=O)Nc3ccc(C)c(Cl)c3)CC2)cc1Cl. The van der Waals surface area contributed by atoms with Crippen molar-refractivity contribution in [3.05, 3.63) is 52.0 Å². The van der Waals surface area contributed by atoms with Crippen LogP contribution in [0.2, 0.25) is 10.0 Å². The molecule has 1 fully saturated rings. The topological polar surface area (TPSA) is 75.7 Å². The van der Waals surface area contributed by atoms with Gasteiger partial charge in [-0.2, -0.15) is 4.31 Å². The van der Waals surface area contributed by atoms with Crippen LogP contribution < -0.4 is 10.1 Å². The largest absolute Gasteiger partial charge is 0.492 e. The third-order valence-corrected chi connectivity index (χ3v) is 7.70. The normalized spacial score (nSPS) is 15.7. The first-order chi connectivity index (χ1) is 14.2. The molecule has 1 saturated heterocycles. The predicted octanol–water partition coefficient (Wildman–Crippen LogP) is 4.74. The van der Waals surface area contributed by atoms with Gasteiger partial charge in [0.1, 0.15) is 5.75 Å². The van der Waals surface area contributed by atoms with Gasteiger partial charge in [0.15, 0.2) is 0 Å². The summed E-state index contributed by atoms with van der Waals surface area (Å²) >= 11 is 12.3. The number of hydrogen-bond donors (Lipinski definition) is 1. The molecule has 9 heteroatoms. The summed E-state index contributed by atoms with van der Waals surface area (Å²) in [6, 6.07) is 9.81. The van der Waals surface area contributed by atoms with Crippen LogP contribution in [-0.2, 0) is 14.8 Å². The zero-order chi connectivity index (χ0) is 21.9. The number of hydrogen-bond acceptors (Lipinski definition) is 4. The van der Waals surface area contributed by atoms with Crippen molar-refractivity contribution < 1.29 is 17.9 Å². The van der Waals surface area contributed by atoms with Gasteiger partial charge in [0.05, 0.1) is 16.5 Å². The number of piperidine rings is 1. The smallest absolute Gasteiger partial charge is 0.243 e. The number of carbonyl (C=O) groups excluding carboxylic acids is 1. The van der Waals surface area contributed by atoms with E-state index in [1.54, 1.807) is 18.2 Å². The molecule has 0 atom stereocenters. The lowest BCUT2D eigenvalue weighted by Crippen LogP contribution is -2.41. The number of aryl methyl sites for hydroxylation is 1. The summed E-state index contributed by atoms with van der Waals surface area (Å²) in [5, 5.41) is 3.71. The number of rotatable bonds is 6. The molecule has 2 aromatic carbocycles. The van der Waals surface area contributed by atoms with Gasteiger partial charge in [0, 0.05) is 29.7 Å². The summed E-state index contributed by atoms with van der Waals surface area (Å²) in [5.74, 6) is 0.0567. The van der Waals surface area contributed by atoms with Gasteiger partial charge in [-0.05, 0) is 62.6 Å². The van der Waals surface area contributed by atoms with Gasteiger partial charge in [-0.25, -0.2) is 8.42 Å². The Morgan fingerprint density at radius 3 is 2.43 bits per heavy atom. The van der Waals surface area contributed by atoms with Crippen molar-refractivity contribution in [3.63, 3.8) is 0 Å². The lowest BCUT2D eigenvalue weighted by atomic mass is 9.97. The van der Waals surface area contributed by atoms with E-state index in [0.29, 0.717) is 35.9 Å². The highest BCUT2D eigenvalue weighted by molar-refractivity contribution is 7.89. The second-order valence-electron chi connectivity index (χ2n) is 7.16. The van der Waals surface area contributed by atoms with E-state index in [4.69, 9.17) is 27.9 Å². The molecule has 0 bridgehead atoms. The maximum absolute atomic E-state index is 13.0. The Kier molecular flexibility index (Phi) is 7.29. The molecule has 1 aliphatic rings. The van der Waals surface area contributed by atoms with Crippen LogP contribution in [0.4, 0.5) is 5.69 Å². The van der Waals surface area contributed by atoms with Gasteiger partial charge in [-0.3, -0.25) is 4.79 Å². The van der Waals surface area contributed by atoms with Crippen molar-refractivity contribution in [2.45, 2.75) is 31.6 Å². The van der Waals surface area contributed by atoms with Crippen LogP contribution in [0, 0.1) is 12.8 Å². The van der Waals surface area contributed by atoms with Crippen molar-refractivity contribution in [1.29, 1.82) is 0 Å². The molecule has 1 aliphatic heterocycles. The van der Waals surface area contributed by atoms with Crippen LogP contribution in [0.5, 0.6) is 5.75 Å². The van der Waals surface area contributed by atoms with E-state index < -0.39 is 10.0 Å². The second kappa shape index (κ2) is 9.56. The predicted molar refractivity (Wildman–Crippen MR) is 119 cm³/mol. The van der Waals surface area contributed by atoms with E-state index in [1.807, 2.05) is 19.9 Å². The van der Waals surface area contributed by atoms with E-state index in [0.717, 1.165) is 5.56 Å². The van der Waals surface area contributed by atoms with Crippen LogP contribution in [0.25, 0.3) is 0 Å². The summed E-state index contributed by atoms with van der Waals surface area (Å²) in [6.45, 7) is 4.69. The summed E-state index contributed by atoms with van der Waals surface area (Å²) < 4.78 is 32.7. The first-order valence-electron chi connectivity index (χ1n) is 9.72. The van der Waals surface area contributed by atoms with Gasteiger partial charge in [-0.15, -0.1) is 0 Å². The molecule has 1 heterocycles. The van der Waals surface area contributed by atoms with E-state index in [2.05, 4.69) is 5.32 Å². The number of halogens is 2. The average molecular weight is 471 g/mol. The fourth-order valence-corrected chi connectivity index (χ4v) is 5.31. The summed E-state index contributed by atoms with van der Waals surface area (Å²) in [5.41, 5.74) is 1.57. The Bertz CT molecular complexity index is 1040. The molecule has 1 N–H and O–H groups in total. The number of sulfonamides is 1. The van der Waals surface area contributed by atoms with Crippen molar-refractivity contribution in [2.24, 2.45) is 5.92 Å². The number of ether oxygens (including phenoxy) is 1. The Hall–Kier alpha value is -1.80. The molecular weight excluding hydrogens is 447 g/mol. The fourth-order valence-electron chi connectivity index (χ4n) is 3.34. The maximum atomic E-state index is 13.0. The van der Waals surface area contributed by atoms with Crippen LogP contribution in [0.3, 0.4) is 0 Å². The molecule has 1 amide bonds. The number of nitrogens with zero attached hydrogens (tertiary/aromatic N) is 1. The molecule has 0 aliphatic carbocycles. The minimum atomic E-state index is -3.69. The Morgan fingerprint density at radius 1 is 1.13 bits per heavy atom. The van der Waals surface area contributed by atoms with E-state index in [9.17, 15) is 13.2 Å². The Morgan fingerprint density at radius 2 is 1.83 bits per heavy atom. The molecule has 0 unspecified atom stereocenters. The molecule has 30 heavy (non-hydrogen) atoms. The fraction of sp³-hybridized carbons (Fsp3) is 0.381. The monoisotopic (exact) mass is 470 g/mol. The van der Waals surface area contributed by atoms with Crippen molar-refractivity contribution >= 4 is 44.8 Å². The summed E-state index contributed by atoms with van der Waals surface area (Å²) in [7, 11) is -3.69. The molecule has 0 radical (unpaired) electrons. The highest BCUT2D eigenvalue weighted by Crippen LogP contribution is 2.31. The molecule has 3 rings (SSSR count). The van der Waals surface area contributed by atoms with Crippen LogP contribution in [0.1, 0.15) is 25.3 Å². The number of amides is 1. The first-order valence-corrected chi connectivity index (χ1v) is 11.9. The van der Waals surface area contributed by atoms with E-state index in [1.165, 1.54) is 16.4 Å². The third-order valence-electron chi connectivity index (χ3n) is 5.11. The molecule has 0 spiro atoms. The molecule has 2 aromatic rings. The van der Waals surface area contributed by atoms with Gasteiger partial charge in [0.25, 0.3) is 0 Å². The average Bonchev–Trinajstić information content (AvgIpc) is 2.72. The Labute approximate surface area is 187 Å². The summed E-state index contributed by atoms with van der Waals surface area (Å²) in [6.07, 6.45) is 0.880. The molecule has 6 nitrogen and oxygen atoms in total. The lowest BCUT2D eigenvalue weighted by molar-refractivity contribution is -0.120. The highest BCUT2D eigenvalue weighted by atomic mass is 35.5. The third kappa shape index (κ3) is 5.09. The van der Waals surface area contributed by atoms with Crippen LogP contribution in [-0.4, -0.2) is 38.3 Å². The van der Waals surface area contributed by atoms with Crippen LogP contribution >= 0.6 is 23.2 Å². The van der Waals surface area contributed by atoms with E-state index >= 15 is 0 Å². The number of anilines is 1. The minimum Gasteiger partial charge on any atom is -0.492 e. The second-order valence-corrected chi connectivity index (χ2v) is 9.91. The zero-order valence-corrected chi connectivity index (χ0v) is 19.1. The van der Waals surface area contributed by atoms with Crippen molar-refractivity contribution in [1.82, 2.24) is 4.31 Å². The quantitative estimate of drug-likeness (QED) is 0.661. The molecular formula is C21H24Cl2N2O4S. The van der Waals surface area contributed by atoms with Crippen molar-refractivity contribution in [3.8, 4) is 5.75 Å². The van der Waals surface area contributed by atoms with Gasteiger partial charge < -0.3 is 10.1 Å². The maximum Gasteiger partial charge on any atom is 0.243 e. The van der Waals surface area contributed by atoms with Gasteiger partial charge in [0.2, 0.25) is 15.9 Å². The zero-order valence-electron chi connectivity index (χ0n) is 16.8. The molecule has 0 aromatic heterocycles. The molecule has 162 valence electrons.